The highest BCUT2D eigenvalue weighted by atomic mass is 16.3. The van der Waals surface area contributed by atoms with Crippen molar-refractivity contribution in [1.82, 2.24) is 0 Å². The third-order valence-electron chi connectivity index (χ3n) is 0.914. The number of nitrogens with zero attached hydrogens (tertiary/aromatic N) is 1. The van der Waals surface area contributed by atoms with Crippen molar-refractivity contribution in [3.63, 3.8) is 0 Å². The molecule has 0 spiro atoms. The molecule has 0 aliphatic heterocycles. The third kappa shape index (κ3) is 2.09. The summed E-state index contributed by atoms with van der Waals surface area (Å²) in [6, 6.07) is 0. The van der Waals surface area contributed by atoms with Gasteiger partial charge in [-0.25, -0.2) is 0 Å². The zero-order valence-electron chi connectivity index (χ0n) is 4.93. The Morgan fingerprint density at radius 1 is 1.71 bits per heavy atom. The molecule has 0 N–H and O–H groups in total. The molecule has 0 fully saturated rings. The van der Waals surface area contributed by atoms with Gasteiger partial charge < -0.3 is 0 Å². The van der Waals surface area contributed by atoms with E-state index in [1.165, 1.54) is 7.05 Å². The van der Waals surface area contributed by atoms with E-state index in [1.807, 2.05) is 6.92 Å². The van der Waals surface area contributed by atoms with Gasteiger partial charge in [0.2, 0.25) is 5.70 Å². The Morgan fingerprint density at radius 2 is 2.14 bits per heavy atom. The number of nitroso groups, excluding NO2 is 1. The van der Waals surface area contributed by atoms with Crippen LogP contribution in [0, 0.1) is 4.91 Å². The third-order valence-corrected chi connectivity index (χ3v) is 0.914. The van der Waals surface area contributed by atoms with Crippen LogP contribution in [0.2, 0.25) is 0 Å². The van der Waals surface area contributed by atoms with Crippen LogP contribution in [0.5, 0.6) is 0 Å². The van der Waals surface area contributed by atoms with Crippen molar-refractivity contribution in [2.75, 3.05) is 7.05 Å². The molecule has 0 aromatic carbocycles. The molecule has 0 saturated heterocycles. The van der Waals surface area contributed by atoms with Crippen LogP contribution in [-0.4, -0.2) is 11.8 Å². The second-order valence-electron chi connectivity index (χ2n) is 1.43. The van der Waals surface area contributed by atoms with Gasteiger partial charge in [0.1, 0.15) is 0 Å². The zero-order chi connectivity index (χ0) is 5.86. The van der Waals surface area contributed by atoms with E-state index in [1.54, 1.807) is 13.0 Å². The summed E-state index contributed by atoms with van der Waals surface area (Å²) in [5.41, 5.74) is 0.750. The summed E-state index contributed by atoms with van der Waals surface area (Å²) in [6.45, 7) is 3.61. The fraction of sp³-hybridized carbons (Fsp3) is 0.600. The summed E-state index contributed by atoms with van der Waals surface area (Å²) in [7, 11) is 1.48. The van der Waals surface area contributed by atoms with Gasteiger partial charge in [-0.3, -0.25) is 0 Å². The lowest BCUT2D eigenvalue weighted by atomic mass is 10.5. The van der Waals surface area contributed by atoms with Crippen LogP contribution < -0.4 is 0 Å². The molecule has 2 nitrogen and oxygen atoms in total. The highest BCUT2D eigenvalue weighted by molar-refractivity contribution is 4.80. The van der Waals surface area contributed by atoms with Gasteiger partial charge in [0.15, 0.2) is 7.05 Å². The van der Waals surface area contributed by atoms with Gasteiger partial charge in [-0.2, -0.15) is 0 Å². The maximum atomic E-state index is 10.2. The average Bonchev–Trinajstić information content (AvgIpc) is 1.65. The Hall–Kier alpha value is -0.660. The molecule has 7 heavy (non-hydrogen) atoms. The van der Waals surface area contributed by atoms with Gasteiger partial charge in [-0.05, 0) is 13.0 Å². The summed E-state index contributed by atoms with van der Waals surface area (Å²) in [6.07, 6.45) is 1.77. The lowest BCUT2D eigenvalue weighted by molar-refractivity contribution is -0.466. The molecular weight excluding hydrogens is 90.1 g/mol. The number of hydrogen-bond acceptors (Lipinski definition) is 1. The molecule has 0 aromatic rings. The highest BCUT2D eigenvalue weighted by Crippen LogP contribution is 1.87. The molecule has 0 heterocycles. The molecule has 2 heteroatoms. The molecule has 0 rings (SSSR count). The maximum Gasteiger partial charge on any atom is 0.225 e. The zero-order valence-corrected chi connectivity index (χ0v) is 4.93. The quantitative estimate of drug-likeness (QED) is 0.455. The Labute approximate surface area is 43.4 Å². The van der Waals surface area contributed by atoms with Crippen LogP contribution in [-0.2, 0) is 0 Å². The van der Waals surface area contributed by atoms with Crippen LogP contribution >= 0.6 is 0 Å². The van der Waals surface area contributed by atoms with Gasteiger partial charge in [-0.1, -0.05) is 0 Å². The first-order chi connectivity index (χ1) is 3.18. The number of hydrogen-bond donors (Lipinski definition) is 0. The fourth-order valence-electron chi connectivity index (χ4n) is 0.182. The minimum atomic E-state index is 0.750. The second-order valence-corrected chi connectivity index (χ2v) is 1.43. The summed E-state index contributed by atoms with van der Waals surface area (Å²) >= 11 is 0. The Kier molecular flexibility index (Phi) is 2.27. The van der Waals surface area contributed by atoms with Crippen molar-refractivity contribution in [3.05, 3.63) is 16.7 Å². The minimum Gasteiger partial charge on any atom is -0.0404 e. The lowest BCUT2D eigenvalue weighted by Gasteiger charge is -1.76. The van der Waals surface area contributed by atoms with Gasteiger partial charge >= 0.3 is 0 Å². The van der Waals surface area contributed by atoms with E-state index in [9.17, 15) is 4.91 Å². The van der Waals surface area contributed by atoms with Crippen molar-refractivity contribution in [2.45, 2.75) is 13.8 Å². The van der Waals surface area contributed by atoms with Crippen molar-refractivity contribution in [1.29, 1.82) is 0 Å². The summed E-state index contributed by atoms with van der Waals surface area (Å²) < 4.78 is 0.833. The SMILES string of the molecule is CC=C(C)[N+](C)=O. The monoisotopic (exact) mass is 100 g/mol. The van der Waals surface area contributed by atoms with Crippen molar-refractivity contribution in [3.8, 4) is 0 Å². The molecule has 0 aromatic heterocycles. The lowest BCUT2D eigenvalue weighted by Crippen LogP contribution is -1.94. The first-order valence-corrected chi connectivity index (χ1v) is 2.22. The number of allylic oxidation sites excluding steroid dienone is 2. The Morgan fingerprint density at radius 3 is 2.14 bits per heavy atom. The van der Waals surface area contributed by atoms with Crippen LogP contribution in [0.25, 0.3) is 0 Å². The van der Waals surface area contributed by atoms with E-state index in [4.69, 9.17) is 0 Å². The summed E-state index contributed by atoms with van der Waals surface area (Å²) in [4.78, 5) is 10.2. The Balaban J connectivity index is 3.82. The molecule has 0 unspecified atom stereocenters. The predicted octanol–water partition coefficient (Wildman–Crippen LogP) is 1.32. The van der Waals surface area contributed by atoms with Crippen molar-refractivity contribution >= 4 is 0 Å². The molecule has 40 valence electrons. The van der Waals surface area contributed by atoms with E-state index in [0.29, 0.717) is 0 Å². The summed E-state index contributed by atoms with van der Waals surface area (Å²) in [5, 5.41) is 0. The fourth-order valence-corrected chi connectivity index (χ4v) is 0.182. The largest absolute Gasteiger partial charge is 0.225 e. The molecule has 0 saturated carbocycles. The van der Waals surface area contributed by atoms with E-state index in [2.05, 4.69) is 0 Å². The summed E-state index contributed by atoms with van der Waals surface area (Å²) in [5.74, 6) is 0. The van der Waals surface area contributed by atoms with Gasteiger partial charge in [0.05, 0.1) is 0 Å². The van der Waals surface area contributed by atoms with Crippen molar-refractivity contribution in [2.24, 2.45) is 0 Å². The molecule has 0 radical (unpaired) electrons. The molecule has 0 aliphatic carbocycles. The first kappa shape index (κ1) is 6.34. The van der Waals surface area contributed by atoms with E-state index >= 15 is 0 Å². The second kappa shape index (κ2) is 2.50. The van der Waals surface area contributed by atoms with Crippen molar-refractivity contribution < 1.29 is 4.76 Å². The van der Waals surface area contributed by atoms with Crippen LogP contribution in [0.3, 0.4) is 0 Å². The topological polar surface area (TPSA) is 20.1 Å². The average molecular weight is 100 g/mol. The van der Waals surface area contributed by atoms with Crippen LogP contribution in [0.4, 0.5) is 0 Å². The van der Waals surface area contributed by atoms with Crippen LogP contribution in [0.1, 0.15) is 13.8 Å². The smallest absolute Gasteiger partial charge is 0.0404 e. The normalized spacial score (nSPS) is 11.6. The van der Waals surface area contributed by atoms with E-state index in [0.717, 1.165) is 10.5 Å². The van der Waals surface area contributed by atoms with Gasteiger partial charge in [-0.15, -0.1) is 0 Å². The van der Waals surface area contributed by atoms with E-state index < -0.39 is 0 Å². The molecule has 0 aliphatic rings. The standard InChI is InChI=1S/C5H10NO/c1-4-5(2)6(3)7/h4H,1-3H3/q+1. The first-order valence-electron chi connectivity index (χ1n) is 2.22. The molecule has 0 atom stereocenters. The van der Waals surface area contributed by atoms with E-state index in [-0.39, 0.29) is 0 Å². The van der Waals surface area contributed by atoms with Crippen LogP contribution in [0.15, 0.2) is 11.8 Å². The van der Waals surface area contributed by atoms with Gasteiger partial charge in [0.25, 0.3) is 0 Å². The highest BCUT2D eigenvalue weighted by Gasteiger charge is 1.97. The van der Waals surface area contributed by atoms with Gasteiger partial charge in [0, 0.05) is 16.6 Å². The minimum absolute atomic E-state index is 0.750. The molecule has 0 bridgehead atoms. The number of rotatable bonds is 1. The molecule has 0 amide bonds. The maximum absolute atomic E-state index is 10.2. The Bertz CT molecular complexity index is 105. The predicted molar refractivity (Wildman–Crippen MR) is 29.0 cm³/mol. The molecular formula is C5H10NO+.